The monoisotopic (exact) mass is 367 g/mol. The summed E-state index contributed by atoms with van der Waals surface area (Å²) in [5, 5.41) is 12.9. The van der Waals surface area contributed by atoms with E-state index in [0.717, 1.165) is 16.3 Å². The molecular weight excluding hydrogens is 350 g/mol. The largest absolute Gasteiger partial charge is 0.344 e. The van der Waals surface area contributed by atoms with Gasteiger partial charge in [-0.05, 0) is 30.0 Å². The average molecular weight is 367 g/mol. The number of aromatic nitrogens is 1. The summed E-state index contributed by atoms with van der Waals surface area (Å²) in [6.07, 6.45) is 1.70. The number of nitro groups is 1. The van der Waals surface area contributed by atoms with Crippen LogP contribution >= 0.6 is 11.3 Å². The lowest BCUT2D eigenvalue weighted by molar-refractivity contribution is -0.384. The number of hydrogen-bond donors (Lipinski definition) is 0. The molecule has 0 spiro atoms. The van der Waals surface area contributed by atoms with E-state index in [1.165, 1.54) is 18.2 Å². The number of benzene rings is 1. The second kappa shape index (κ2) is 7.88. The summed E-state index contributed by atoms with van der Waals surface area (Å²) in [6.45, 7) is 2.59. The summed E-state index contributed by atoms with van der Waals surface area (Å²) in [5.74, 6) is 0.551. The number of anilines is 1. The summed E-state index contributed by atoms with van der Waals surface area (Å²) in [4.78, 5) is 30.6. The van der Waals surface area contributed by atoms with E-state index in [9.17, 15) is 14.9 Å². The van der Waals surface area contributed by atoms with Gasteiger partial charge in [0, 0.05) is 28.8 Å². The van der Waals surface area contributed by atoms with Gasteiger partial charge in [0.05, 0.1) is 18.0 Å². The van der Waals surface area contributed by atoms with Crippen LogP contribution in [0.3, 0.4) is 0 Å². The van der Waals surface area contributed by atoms with Crippen molar-refractivity contribution < 1.29 is 9.72 Å². The van der Waals surface area contributed by atoms with Crippen LogP contribution < -0.4 is 4.90 Å². The molecule has 0 radical (unpaired) electrons. The van der Waals surface area contributed by atoms with E-state index in [2.05, 4.69) is 4.98 Å². The predicted molar refractivity (Wildman–Crippen MR) is 102 cm³/mol. The number of thiophene rings is 1. The molecule has 0 aliphatic carbocycles. The van der Waals surface area contributed by atoms with Crippen LogP contribution in [0.15, 0.2) is 60.1 Å². The van der Waals surface area contributed by atoms with Gasteiger partial charge < -0.3 is 4.90 Å². The Morgan fingerprint density at radius 1 is 1.23 bits per heavy atom. The molecule has 26 heavy (non-hydrogen) atoms. The van der Waals surface area contributed by atoms with Gasteiger partial charge in [-0.15, -0.1) is 11.3 Å². The molecule has 0 fully saturated rings. The Morgan fingerprint density at radius 3 is 2.77 bits per heavy atom. The van der Waals surface area contributed by atoms with Crippen LogP contribution in [0.1, 0.15) is 20.8 Å². The number of pyridine rings is 1. The molecule has 0 aliphatic rings. The number of rotatable bonds is 7. The van der Waals surface area contributed by atoms with Crippen LogP contribution in [-0.2, 0) is 6.54 Å². The Bertz CT molecular complexity index is 925. The van der Waals surface area contributed by atoms with E-state index >= 15 is 0 Å². The lowest BCUT2D eigenvalue weighted by Crippen LogP contribution is -2.30. The summed E-state index contributed by atoms with van der Waals surface area (Å²) >= 11 is 1.61. The highest BCUT2D eigenvalue weighted by molar-refractivity contribution is 7.09. The molecular formula is C19H17N3O3S. The molecule has 0 saturated carbocycles. The fraction of sp³-hybridized carbons (Fsp3) is 0.158. The Kier molecular flexibility index (Phi) is 5.38. The van der Waals surface area contributed by atoms with Crippen LogP contribution in [0.25, 0.3) is 0 Å². The minimum Gasteiger partial charge on any atom is -0.344 e. The maximum Gasteiger partial charge on any atom is 0.270 e. The fourth-order valence-corrected chi connectivity index (χ4v) is 3.38. The van der Waals surface area contributed by atoms with E-state index in [1.54, 1.807) is 23.6 Å². The zero-order valence-electron chi connectivity index (χ0n) is 14.2. The van der Waals surface area contributed by atoms with Gasteiger partial charge in [0.2, 0.25) is 0 Å². The van der Waals surface area contributed by atoms with Crippen molar-refractivity contribution in [2.75, 3.05) is 11.4 Å². The second-order valence-corrected chi connectivity index (χ2v) is 6.84. The Balaban J connectivity index is 1.88. The first-order valence-corrected chi connectivity index (χ1v) is 8.89. The molecule has 0 N–H and O–H groups in total. The molecule has 6 nitrogen and oxygen atoms in total. The van der Waals surface area contributed by atoms with E-state index in [-0.39, 0.29) is 18.0 Å². The Hall–Kier alpha value is -3.06. The molecule has 7 heteroatoms. The van der Waals surface area contributed by atoms with E-state index in [1.807, 2.05) is 41.5 Å². The smallest absolute Gasteiger partial charge is 0.270 e. The third kappa shape index (κ3) is 4.12. The second-order valence-electron chi connectivity index (χ2n) is 5.81. The maximum absolute atomic E-state index is 12.8. The van der Waals surface area contributed by atoms with E-state index in [4.69, 9.17) is 0 Å². The van der Waals surface area contributed by atoms with Crippen molar-refractivity contribution in [2.45, 2.75) is 13.5 Å². The van der Waals surface area contributed by atoms with Crippen LogP contribution in [0, 0.1) is 17.0 Å². The zero-order chi connectivity index (χ0) is 18.5. The summed E-state index contributed by atoms with van der Waals surface area (Å²) in [6, 6.07) is 13.6. The van der Waals surface area contributed by atoms with Crippen molar-refractivity contribution in [1.29, 1.82) is 0 Å². The van der Waals surface area contributed by atoms with Crippen LogP contribution in [0.2, 0.25) is 0 Å². The van der Waals surface area contributed by atoms with E-state index < -0.39 is 4.92 Å². The number of nitrogens with zero attached hydrogens (tertiary/aromatic N) is 3. The van der Waals surface area contributed by atoms with Gasteiger partial charge in [-0.3, -0.25) is 14.9 Å². The minimum atomic E-state index is -0.497. The summed E-state index contributed by atoms with van der Waals surface area (Å²) in [7, 11) is 0. The van der Waals surface area contributed by atoms with Gasteiger partial charge in [-0.25, -0.2) is 4.98 Å². The maximum atomic E-state index is 12.8. The highest BCUT2D eigenvalue weighted by Crippen LogP contribution is 2.22. The third-order valence-corrected chi connectivity index (χ3v) is 4.78. The number of non-ortho nitro benzene ring substituents is 1. The molecule has 0 unspecified atom stereocenters. The normalized spacial score (nSPS) is 10.5. The fourth-order valence-electron chi connectivity index (χ4n) is 2.66. The number of aryl methyl sites for hydroxylation is 1. The van der Waals surface area contributed by atoms with Crippen molar-refractivity contribution >= 4 is 28.6 Å². The molecule has 1 aromatic carbocycles. The molecule has 0 atom stereocenters. The number of Topliss-reactive ketones (excluding diaryl/α,β-unsaturated/α-hetero) is 1. The third-order valence-electron chi connectivity index (χ3n) is 3.92. The van der Waals surface area contributed by atoms with Crippen molar-refractivity contribution in [3.05, 3.63) is 86.2 Å². The molecule has 3 aromatic rings. The molecule has 0 bridgehead atoms. The molecule has 2 heterocycles. The number of nitro benzene ring substituents is 1. The quantitative estimate of drug-likeness (QED) is 0.354. The first-order valence-electron chi connectivity index (χ1n) is 8.01. The van der Waals surface area contributed by atoms with E-state index in [0.29, 0.717) is 12.1 Å². The first kappa shape index (κ1) is 17.8. The molecule has 2 aromatic heterocycles. The lowest BCUT2D eigenvalue weighted by Gasteiger charge is -2.24. The molecule has 3 rings (SSSR count). The van der Waals surface area contributed by atoms with Crippen LogP contribution in [-0.4, -0.2) is 22.2 Å². The summed E-state index contributed by atoms with van der Waals surface area (Å²) < 4.78 is 0. The predicted octanol–water partition coefficient (Wildman–Crippen LogP) is 4.25. The standard InChI is InChI=1S/C19H17N3O3S/c1-14-5-3-9-20-19(14)21(12-17-8-4-10-26-17)13-18(23)15-6-2-7-16(11-15)22(24)25/h2-11H,12-13H2,1H3. The summed E-state index contributed by atoms with van der Waals surface area (Å²) in [5.41, 5.74) is 1.20. The van der Waals surface area contributed by atoms with Crippen molar-refractivity contribution in [3.8, 4) is 0 Å². The van der Waals surface area contributed by atoms with Crippen molar-refractivity contribution in [2.24, 2.45) is 0 Å². The Morgan fingerprint density at radius 2 is 2.08 bits per heavy atom. The zero-order valence-corrected chi connectivity index (χ0v) is 15.0. The van der Waals surface area contributed by atoms with Gasteiger partial charge in [0.15, 0.2) is 5.78 Å². The van der Waals surface area contributed by atoms with Crippen LogP contribution in [0.4, 0.5) is 11.5 Å². The highest BCUT2D eigenvalue weighted by Gasteiger charge is 2.18. The van der Waals surface area contributed by atoms with Crippen molar-refractivity contribution in [3.63, 3.8) is 0 Å². The number of carbonyl (C=O) groups excluding carboxylic acids is 1. The number of hydrogen-bond acceptors (Lipinski definition) is 6. The number of carbonyl (C=O) groups is 1. The molecule has 132 valence electrons. The SMILES string of the molecule is Cc1cccnc1N(CC(=O)c1cccc([N+](=O)[O-])c1)Cc1cccs1. The van der Waals surface area contributed by atoms with Gasteiger partial charge in [-0.1, -0.05) is 24.3 Å². The molecule has 0 aliphatic heterocycles. The average Bonchev–Trinajstić information content (AvgIpc) is 3.15. The molecule has 0 saturated heterocycles. The topological polar surface area (TPSA) is 76.3 Å². The molecule has 0 amide bonds. The Labute approximate surface area is 154 Å². The van der Waals surface area contributed by atoms with Gasteiger partial charge >= 0.3 is 0 Å². The first-order chi connectivity index (χ1) is 12.5. The van der Waals surface area contributed by atoms with Crippen LogP contribution in [0.5, 0.6) is 0 Å². The van der Waals surface area contributed by atoms with Gasteiger partial charge in [0.25, 0.3) is 5.69 Å². The minimum absolute atomic E-state index is 0.0883. The van der Waals surface area contributed by atoms with Crippen molar-refractivity contribution in [1.82, 2.24) is 4.98 Å². The van der Waals surface area contributed by atoms with Gasteiger partial charge in [0.1, 0.15) is 5.82 Å². The number of ketones is 1. The highest BCUT2D eigenvalue weighted by atomic mass is 32.1. The lowest BCUT2D eigenvalue weighted by atomic mass is 10.1. The van der Waals surface area contributed by atoms with Gasteiger partial charge in [-0.2, -0.15) is 0 Å².